The standard InChI is InChI=1S/C4H4F2N2O/c5-3(6)9-4-7-1-2-8-4/h1-3H,(H,7,8). The number of halogens is 2. The normalized spacial score (nSPS) is 10.1. The van der Waals surface area contributed by atoms with Gasteiger partial charge in [0.05, 0.1) is 0 Å². The summed E-state index contributed by atoms with van der Waals surface area (Å²) in [4.78, 5) is 5.75. The monoisotopic (exact) mass is 134 g/mol. The molecule has 0 aliphatic carbocycles. The third-order valence-corrected chi connectivity index (χ3v) is 0.674. The van der Waals surface area contributed by atoms with Crippen LogP contribution < -0.4 is 4.74 Å². The van der Waals surface area contributed by atoms with Crippen molar-refractivity contribution in [3.05, 3.63) is 12.4 Å². The van der Waals surface area contributed by atoms with Crippen LogP contribution in [0.1, 0.15) is 0 Å². The van der Waals surface area contributed by atoms with Gasteiger partial charge in [-0.3, -0.25) is 0 Å². The summed E-state index contributed by atoms with van der Waals surface area (Å²) in [6, 6.07) is -0.162. The number of hydrogen-bond donors (Lipinski definition) is 1. The maximum absolute atomic E-state index is 11.3. The molecule has 50 valence electrons. The van der Waals surface area contributed by atoms with Gasteiger partial charge in [0.2, 0.25) is 0 Å². The first-order valence-electron chi connectivity index (χ1n) is 2.23. The molecule has 1 N–H and O–H groups in total. The van der Waals surface area contributed by atoms with Gasteiger partial charge in [-0.15, -0.1) is 0 Å². The van der Waals surface area contributed by atoms with Crippen LogP contribution in [0.5, 0.6) is 6.01 Å². The summed E-state index contributed by atoms with van der Waals surface area (Å²) in [5.41, 5.74) is 0. The Morgan fingerprint density at radius 3 is 2.89 bits per heavy atom. The van der Waals surface area contributed by atoms with E-state index < -0.39 is 6.61 Å². The second-order valence-electron chi connectivity index (χ2n) is 1.27. The minimum Gasteiger partial charge on any atom is -0.402 e. The van der Waals surface area contributed by atoms with E-state index in [1.807, 2.05) is 0 Å². The first-order chi connectivity index (χ1) is 4.29. The first kappa shape index (κ1) is 6.00. The number of nitrogens with one attached hydrogen (secondary N) is 1. The van der Waals surface area contributed by atoms with Crippen molar-refractivity contribution in [1.29, 1.82) is 0 Å². The van der Waals surface area contributed by atoms with Crippen molar-refractivity contribution < 1.29 is 13.5 Å². The number of ether oxygens (including phenoxy) is 1. The second-order valence-corrected chi connectivity index (χ2v) is 1.27. The molecular weight excluding hydrogens is 130 g/mol. The Kier molecular flexibility index (Phi) is 1.62. The third kappa shape index (κ3) is 1.67. The molecule has 5 heteroatoms. The van der Waals surface area contributed by atoms with Gasteiger partial charge in [0.1, 0.15) is 0 Å². The molecule has 0 aliphatic rings. The van der Waals surface area contributed by atoms with Gasteiger partial charge in [-0.25, -0.2) is 4.98 Å². The molecule has 0 atom stereocenters. The smallest absolute Gasteiger partial charge is 0.389 e. The van der Waals surface area contributed by atoms with Crippen LogP contribution in [0.2, 0.25) is 0 Å². The van der Waals surface area contributed by atoms with Crippen LogP contribution >= 0.6 is 0 Å². The quantitative estimate of drug-likeness (QED) is 0.655. The Hall–Kier alpha value is -1.13. The SMILES string of the molecule is FC(F)Oc1ncc[nH]1. The number of aromatic nitrogens is 2. The average Bonchev–Trinajstić information content (AvgIpc) is 2.15. The Bertz CT molecular complexity index is 163. The minimum atomic E-state index is -2.81. The highest BCUT2D eigenvalue weighted by molar-refractivity contribution is 4.91. The van der Waals surface area contributed by atoms with Gasteiger partial charge in [-0.05, 0) is 0 Å². The van der Waals surface area contributed by atoms with Crippen molar-refractivity contribution in [2.75, 3.05) is 0 Å². The van der Waals surface area contributed by atoms with Crippen LogP contribution in [0, 0.1) is 0 Å². The molecule has 0 amide bonds. The highest BCUT2D eigenvalue weighted by Crippen LogP contribution is 2.03. The zero-order valence-corrected chi connectivity index (χ0v) is 4.34. The molecule has 3 nitrogen and oxygen atoms in total. The number of H-pyrrole nitrogens is 1. The fraction of sp³-hybridized carbons (Fsp3) is 0.250. The van der Waals surface area contributed by atoms with E-state index in [9.17, 15) is 8.78 Å². The Balaban J connectivity index is 2.48. The second kappa shape index (κ2) is 2.43. The molecule has 0 fully saturated rings. The maximum Gasteiger partial charge on any atom is 0.389 e. The molecule has 0 saturated carbocycles. The molecule has 1 aromatic heterocycles. The van der Waals surface area contributed by atoms with Gasteiger partial charge in [0.15, 0.2) is 0 Å². The summed E-state index contributed by atoms with van der Waals surface area (Å²) in [5.74, 6) is 0. The largest absolute Gasteiger partial charge is 0.402 e. The van der Waals surface area contributed by atoms with E-state index in [1.165, 1.54) is 12.4 Å². The lowest BCUT2D eigenvalue weighted by Crippen LogP contribution is -2.02. The van der Waals surface area contributed by atoms with E-state index in [2.05, 4.69) is 14.7 Å². The summed E-state index contributed by atoms with van der Waals surface area (Å²) in [6.07, 6.45) is 2.73. The molecular formula is C4H4F2N2O. The fourth-order valence-corrected chi connectivity index (χ4v) is 0.400. The number of hydrogen-bond acceptors (Lipinski definition) is 2. The molecule has 0 radical (unpaired) electrons. The van der Waals surface area contributed by atoms with Gasteiger partial charge in [-0.2, -0.15) is 8.78 Å². The van der Waals surface area contributed by atoms with Crippen molar-refractivity contribution >= 4 is 0 Å². The van der Waals surface area contributed by atoms with Crippen LogP contribution in [-0.4, -0.2) is 16.6 Å². The summed E-state index contributed by atoms with van der Waals surface area (Å²) < 4.78 is 26.5. The zero-order valence-electron chi connectivity index (χ0n) is 4.34. The minimum absolute atomic E-state index is 0.162. The lowest BCUT2D eigenvalue weighted by molar-refractivity contribution is -0.0555. The van der Waals surface area contributed by atoms with E-state index in [0.717, 1.165) is 0 Å². The van der Waals surface area contributed by atoms with E-state index in [-0.39, 0.29) is 6.01 Å². The van der Waals surface area contributed by atoms with Crippen LogP contribution in [0.15, 0.2) is 12.4 Å². The van der Waals surface area contributed by atoms with Crippen LogP contribution in [0.4, 0.5) is 8.78 Å². The summed E-state index contributed by atoms with van der Waals surface area (Å²) in [6.45, 7) is -2.81. The van der Waals surface area contributed by atoms with Crippen molar-refractivity contribution in [3.8, 4) is 6.01 Å². The Labute approximate surface area is 49.7 Å². The van der Waals surface area contributed by atoms with Crippen LogP contribution in [0.3, 0.4) is 0 Å². The van der Waals surface area contributed by atoms with E-state index >= 15 is 0 Å². The van der Waals surface area contributed by atoms with Crippen molar-refractivity contribution in [1.82, 2.24) is 9.97 Å². The fourth-order valence-electron chi connectivity index (χ4n) is 0.400. The van der Waals surface area contributed by atoms with E-state index in [4.69, 9.17) is 0 Å². The Morgan fingerprint density at radius 1 is 1.67 bits per heavy atom. The zero-order chi connectivity index (χ0) is 6.69. The summed E-state index contributed by atoms with van der Waals surface area (Å²) >= 11 is 0. The van der Waals surface area contributed by atoms with Gasteiger partial charge in [0.25, 0.3) is 6.01 Å². The highest BCUT2D eigenvalue weighted by atomic mass is 19.3. The average molecular weight is 134 g/mol. The predicted molar refractivity (Wildman–Crippen MR) is 25.2 cm³/mol. The van der Waals surface area contributed by atoms with Gasteiger partial charge < -0.3 is 9.72 Å². The number of nitrogens with zero attached hydrogens (tertiary/aromatic N) is 1. The van der Waals surface area contributed by atoms with Crippen molar-refractivity contribution in [2.24, 2.45) is 0 Å². The lowest BCUT2D eigenvalue weighted by Gasteiger charge is -1.96. The molecule has 0 saturated heterocycles. The van der Waals surface area contributed by atoms with Crippen molar-refractivity contribution in [2.45, 2.75) is 6.61 Å². The molecule has 0 spiro atoms. The topological polar surface area (TPSA) is 37.9 Å². The van der Waals surface area contributed by atoms with E-state index in [0.29, 0.717) is 0 Å². The van der Waals surface area contributed by atoms with Crippen LogP contribution in [0.25, 0.3) is 0 Å². The van der Waals surface area contributed by atoms with Crippen LogP contribution in [-0.2, 0) is 0 Å². The highest BCUT2D eigenvalue weighted by Gasteiger charge is 2.03. The third-order valence-electron chi connectivity index (χ3n) is 0.674. The molecule has 0 aromatic carbocycles. The lowest BCUT2D eigenvalue weighted by atomic mass is 11.0. The van der Waals surface area contributed by atoms with Gasteiger partial charge in [0, 0.05) is 12.4 Å². The number of aromatic amines is 1. The molecule has 1 rings (SSSR count). The summed E-state index contributed by atoms with van der Waals surface area (Å²) in [5, 5.41) is 0. The predicted octanol–water partition coefficient (Wildman–Crippen LogP) is 1.01. The van der Waals surface area contributed by atoms with E-state index in [1.54, 1.807) is 0 Å². The molecule has 0 unspecified atom stereocenters. The molecule has 1 aromatic rings. The Morgan fingerprint density at radius 2 is 2.44 bits per heavy atom. The molecule has 0 aliphatic heterocycles. The van der Waals surface area contributed by atoms with Gasteiger partial charge in [-0.1, -0.05) is 0 Å². The molecule has 0 bridgehead atoms. The molecule has 9 heavy (non-hydrogen) atoms. The summed E-state index contributed by atoms with van der Waals surface area (Å²) in [7, 11) is 0. The number of alkyl halides is 2. The number of imidazole rings is 1. The first-order valence-corrected chi connectivity index (χ1v) is 2.23. The maximum atomic E-state index is 11.3. The van der Waals surface area contributed by atoms with Crippen molar-refractivity contribution in [3.63, 3.8) is 0 Å². The molecule has 1 heterocycles. The number of rotatable bonds is 2. The van der Waals surface area contributed by atoms with Gasteiger partial charge >= 0.3 is 6.61 Å².